The molecule has 1 aromatic rings. The molecule has 0 unspecified atom stereocenters. The molecule has 0 bridgehead atoms. The second-order valence-electron chi connectivity index (χ2n) is 2.03. The zero-order valence-electron chi connectivity index (χ0n) is 6.38. The minimum Gasteiger partial charge on any atom is -0.478 e. The molecule has 3 heteroatoms. The van der Waals surface area contributed by atoms with E-state index in [2.05, 4.69) is 4.98 Å². The first-order valence-electron chi connectivity index (χ1n) is 3.51. The molecule has 0 aliphatic carbocycles. The van der Waals surface area contributed by atoms with Crippen molar-refractivity contribution < 1.29 is 4.74 Å². The van der Waals surface area contributed by atoms with Gasteiger partial charge in [-0.3, -0.25) is 0 Å². The molecule has 2 nitrogen and oxygen atoms in total. The van der Waals surface area contributed by atoms with Gasteiger partial charge in [0.25, 0.3) is 0 Å². The molecule has 0 spiro atoms. The molecule has 0 fully saturated rings. The van der Waals surface area contributed by atoms with Crippen molar-refractivity contribution in [1.82, 2.24) is 4.98 Å². The summed E-state index contributed by atoms with van der Waals surface area (Å²) in [5.41, 5.74) is 0.845. The van der Waals surface area contributed by atoms with Crippen LogP contribution in [0.25, 0.3) is 0 Å². The highest BCUT2D eigenvalue weighted by Crippen LogP contribution is 2.08. The van der Waals surface area contributed by atoms with Crippen LogP contribution in [-0.2, 0) is 5.88 Å². The fraction of sp³-hybridized carbons (Fsp3) is 0.375. The third-order valence-electron chi connectivity index (χ3n) is 1.21. The van der Waals surface area contributed by atoms with Gasteiger partial charge >= 0.3 is 0 Å². The number of halogens is 1. The lowest BCUT2D eigenvalue weighted by Gasteiger charge is -2.01. The van der Waals surface area contributed by atoms with Crippen LogP contribution in [0.3, 0.4) is 0 Å². The predicted molar refractivity (Wildman–Crippen MR) is 45.0 cm³/mol. The normalized spacial score (nSPS) is 9.64. The van der Waals surface area contributed by atoms with Gasteiger partial charge < -0.3 is 4.74 Å². The molecule has 0 aromatic carbocycles. The summed E-state index contributed by atoms with van der Waals surface area (Å²) in [6.45, 7) is 2.56. The van der Waals surface area contributed by atoms with Crippen molar-refractivity contribution in [2.75, 3.05) is 6.61 Å². The van der Waals surface area contributed by atoms with Crippen LogP contribution in [0, 0.1) is 0 Å². The lowest BCUT2D eigenvalue weighted by molar-refractivity contribution is 0.326. The molecule has 0 amide bonds. The van der Waals surface area contributed by atoms with Crippen LogP contribution in [0.2, 0.25) is 0 Å². The molecule has 60 valence electrons. The maximum absolute atomic E-state index is 5.58. The zero-order valence-corrected chi connectivity index (χ0v) is 7.14. The Morgan fingerprint density at radius 1 is 1.55 bits per heavy atom. The van der Waals surface area contributed by atoms with Crippen molar-refractivity contribution in [3.63, 3.8) is 0 Å². The van der Waals surface area contributed by atoms with E-state index in [0.717, 1.165) is 5.69 Å². The first-order chi connectivity index (χ1) is 5.36. The van der Waals surface area contributed by atoms with Crippen molar-refractivity contribution in [1.29, 1.82) is 0 Å². The molecule has 0 N–H and O–H groups in total. The van der Waals surface area contributed by atoms with Crippen molar-refractivity contribution in [2.45, 2.75) is 12.8 Å². The Labute approximate surface area is 71.2 Å². The highest BCUT2D eigenvalue weighted by atomic mass is 35.5. The lowest BCUT2D eigenvalue weighted by Crippen LogP contribution is -1.95. The first-order valence-corrected chi connectivity index (χ1v) is 4.05. The number of aromatic nitrogens is 1. The van der Waals surface area contributed by atoms with E-state index in [0.29, 0.717) is 18.4 Å². The molecule has 0 saturated carbocycles. The Kier molecular flexibility index (Phi) is 3.17. The topological polar surface area (TPSA) is 22.1 Å². The fourth-order valence-corrected chi connectivity index (χ4v) is 0.909. The van der Waals surface area contributed by atoms with Gasteiger partial charge in [-0.25, -0.2) is 4.98 Å². The standard InChI is InChI=1S/C8H10ClNO/c1-2-11-8-5-3-4-7(6-9)10-8/h3-5H,2,6H2,1H3. The molecule has 0 atom stereocenters. The number of nitrogens with zero attached hydrogens (tertiary/aromatic N) is 1. The van der Waals surface area contributed by atoms with Gasteiger partial charge in [-0.15, -0.1) is 11.6 Å². The molecule has 1 heterocycles. The van der Waals surface area contributed by atoms with E-state index in [1.54, 1.807) is 0 Å². The number of hydrogen-bond acceptors (Lipinski definition) is 2. The summed E-state index contributed by atoms with van der Waals surface area (Å²) < 4.78 is 5.18. The minimum atomic E-state index is 0.431. The molecule has 11 heavy (non-hydrogen) atoms. The summed E-state index contributed by atoms with van der Waals surface area (Å²) in [7, 11) is 0. The van der Waals surface area contributed by atoms with E-state index in [9.17, 15) is 0 Å². The van der Waals surface area contributed by atoms with Crippen molar-refractivity contribution in [3.05, 3.63) is 23.9 Å². The monoisotopic (exact) mass is 171 g/mol. The number of rotatable bonds is 3. The van der Waals surface area contributed by atoms with Crippen LogP contribution in [0.1, 0.15) is 12.6 Å². The Morgan fingerprint density at radius 2 is 2.36 bits per heavy atom. The van der Waals surface area contributed by atoms with E-state index >= 15 is 0 Å². The Balaban J connectivity index is 2.74. The van der Waals surface area contributed by atoms with Gasteiger partial charge in [-0.2, -0.15) is 0 Å². The van der Waals surface area contributed by atoms with Crippen LogP contribution < -0.4 is 4.74 Å². The smallest absolute Gasteiger partial charge is 0.213 e. The predicted octanol–water partition coefficient (Wildman–Crippen LogP) is 2.22. The van der Waals surface area contributed by atoms with Crippen LogP contribution in [0.5, 0.6) is 5.88 Å². The molecule has 1 aromatic heterocycles. The van der Waals surface area contributed by atoms with E-state index in [-0.39, 0.29) is 0 Å². The molecule has 0 radical (unpaired) electrons. The summed E-state index contributed by atoms with van der Waals surface area (Å²) in [5.74, 6) is 1.08. The first kappa shape index (κ1) is 8.34. The summed E-state index contributed by atoms with van der Waals surface area (Å²) >= 11 is 5.58. The number of hydrogen-bond donors (Lipinski definition) is 0. The van der Waals surface area contributed by atoms with Crippen LogP contribution >= 0.6 is 11.6 Å². The number of ether oxygens (including phenoxy) is 1. The molecule has 1 rings (SSSR count). The maximum atomic E-state index is 5.58. The second kappa shape index (κ2) is 4.19. The summed E-state index contributed by atoms with van der Waals surface area (Å²) in [4.78, 5) is 4.13. The minimum absolute atomic E-state index is 0.431. The maximum Gasteiger partial charge on any atom is 0.213 e. The van der Waals surface area contributed by atoms with Gasteiger partial charge in [0.1, 0.15) is 0 Å². The van der Waals surface area contributed by atoms with Gasteiger partial charge in [-0.05, 0) is 13.0 Å². The van der Waals surface area contributed by atoms with Crippen molar-refractivity contribution in [3.8, 4) is 5.88 Å². The van der Waals surface area contributed by atoms with Gasteiger partial charge in [0.05, 0.1) is 18.2 Å². The number of alkyl halides is 1. The summed E-state index contributed by atoms with van der Waals surface area (Å²) in [6, 6.07) is 5.57. The lowest BCUT2D eigenvalue weighted by atomic mass is 10.4. The zero-order chi connectivity index (χ0) is 8.10. The molecule has 0 saturated heterocycles. The fourth-order valence-electron chi connectivity index (χ4n) is 0.760. The van der Waals surface area contributed by atoms with Crippen LogP contribution in [0.4, 0.5) is 0 Å². The largest absolute Gasteiger partial charge is 0.478 e. The van der Waals surface area contributed by atoms with Crippen molar-refractivity contribution in [2.24, 2.45) is 0 Å². The van der Waals surface area contributed by atoms with Gasteiger partial charge in [0.15, 0.2) is 0 Å². The Bertz CT molecular complexity index is 227. The quantitative estimate of drug-likeness (QED) is 0.651. The highest BCUT2D eigenvalue weighted by Gasteiger charge is 1.94. The Morgan fingerprint density at radius 3 is 3.00 bits per heavy atom. The number of pyridine rings is 1. The van der Waals surface area contributed by atoms with E-state index in [4.69, 9.17) is 16.3 Å². The third-order valence-corrected chi connectivity index (χ3v) is 1.48. The van der Waals surface area contributed by atoms with E-state index in [1.165, 1.54) is 0 Å². The third kappa shape index (κ3) is 2.39. The van der Waals surface area contributed by atoms with Gasteiger partial charge in [0, 0.05) is 6.07 Å². The second-order valence-corrected chi connectivity index (χ2v) is 2.30. The van der Waals surface area contributed by atoms with Gasteiger partial charge in [-0.1, -0.05) is 6.07 Å². The molecule has 0 aliphatic heterocycles. The SMILES string of the molecule is CCOc1cccc(CCl)n1. The van der Waals surface area contributed by atoms with E-state index in [1.807, 2.05) is 25.1 Å². The molecular weight excluding hydrogens is 162 g/mol. The average molecular weight is 172 g/mol. The van der Waals surface area contributed by atoms with Crippen LogP contribution in [-0.4, -0.2) is 11.6 Å². The molecule has 0 aliphatic rings. The highest BCUT2D eigenvalue weighted by molar-refractivity contribution is 6.16. The molecular formula is C8H10ClNO. The summed E-state index contributed by atoms with van der Waals surface area (Å²) in [5, 5.41) is 0. The van der Waals surface area contributed by atoms with Crippen LogP contribution in [0.15, 0.2) is 18.2 Å². The summed E-state index contributed by atoms with van der Waals surface area (Å²) in [6.07, 6.45) is 0. The Hall–Kier alpha value is -0.760. The van der Waals surface area contributed by atoms with Gasteiger partial charge in [0.2, 0.25) is 5.88 Å². The van der Waals surface area contributed by atoms with E-state index < -0.39 is 0 Å². The van der Waals surface area contributed by atoms with Crippen molar-refractivity contribution >= 4 is 11.6 Å². The average Bonchev–Trinajstić information content (AvgIpc) is 2.06.